The van der Waals surface area contributed by atoms with Crippen LogP contribution in [0.5, 0.6) is 5.75 Å². The Morgan fingerprint density at radius 2 is 2.21 bits per heavy atom. The molecule has 0 atom stereocenters. The van der Waals surface area contributed by atoms with E-state index in [1.165, 1.54) is 13.2 Å². The van der Waals surface area contributed by atoms with Crippen molar-refractivity contribution in [1.82, 2.24) is 10.2 Å². The summed E-state index contributed by atoms with van der Waals surface area (Å²) in [6, 6.07) is 2.88. The van der Waals surface area contributed by atoms with Gasteiger partial charge in [0.1, 0.15) is 0 Å². The van der Waals surface area contributed by atoms with Gasteiger partial charge in [-0.2, -0.15) is 10.2 Å². The molecule has 0 radical (unpaired) electrons. The van der Waals surface area contributed by atoms with Crippen molar-refractivity contribution in [3.63, 3.8) is 0 Å². The van der Waals surface area contributed by atoms with Crippen molar-refractivity contribution < 1.29 is 9.13 Å². The van der Waals surface area contributed by atoms with Crippen LogP contribution in [0.2, 0.25) is 0 Å². The number of benzene rings is 1. The lowest BCUT2D eigenvalue weighted by Crippen LogP contribution is -1.91. The molecule has 0 saturated carbocycles. The van der Waals surface area contributed by atoms with Crippen LogP contribution in [0.15, 0.2) is 22.8 Å². The van der Waals surface area contributed by atoms with E-state index in [1.54, 1.807) is 12.3 Å². The molecule has 1 heterocycles. The van der Waals surface area contributed by atoms with Gasteiger partial charge in [0, 0.05) is 15.9 Å². The van der Waals surface area contributed by atoms with Crippen LogP contribution in [0.1, 0.15) is 0 Å². The summed E-state index contributed by atoms with van der Waals surface area (Å²) in [6.07, 6.45) is 1.56. The molecule has 0 aliphatic carbocycles. The Morgan fingerprint density at radius 3 is 2.93 bits per heavy atom. The van der Waals surface area contributed by atoms with Crippen LogP contribution in [0.25, 0.3) is 10.9 Å². The average Bonchev–Trinajstić information content (AvgIpc) is 2.17. The summed E-state index contributed by atoms with van der Waals surface area (Å²) >= 11 is 3.30. The molecule has 0 amide bonds. The summed E-state index contributed by atoms with van der Waals surface area (Å²) in [5, 5.41) is 8.28. The van der Waals surface area contributed by atoms with E-state index in [-0.39, 0.29) is 5.75 Å². The second-order valence-electron chi connectivity index (χ2n) is 2.70. The van der Waals surface area contributed by atoms with Crippen LogP contribution in [-0.4, -0.2) is 17.3 Å². The lowest BCUT2D eigenvalue weighted by Gasteiger charge is -2.04. The highest BCUT2D eigenvalue weighted by Crippen LogP contribution is 2.27. The SMILES string of the molecule is COc1cc2c(Br)cnnc2cc1F. The Hall–Kier alpha value is -1.23. The minimum absolute atomic E-state index is 0.200. The fourth-order valence-corrected chi connectivity index (χ4v) is 1.59. The predicted molar refractivity (Wildman–Crippen MR) is 53.7 cm³/mol. The van der Waals surface area contributed by atoms with Crippen LogP contribution >= 0.6 is 15.9 Å². The maximum absolute atomic E-state index is 13.2. The van der Waals surface area contributed by atoms with Gasteiger partial charge >= 0.3 is 0 Å². The summed E-state index contributed by atoms with van der Waals surface area (Å²) in [7, 11) is 1.42. The molecule has 0 saturated heterocycles. The molecule has 0 spiro atoms. The van der Waals surface area contributed by atoms with Gasteiger partial charge in [-0.3, -0.25) is 0 Å². The zero-order valence-corrected chi connectivity index (χ0v) is 8.88. The highest BCUT2D eigenvalue weighted by Gasteiger charge is 2.07. The van der Waals surface area contributed by atoms with E-state index in [2.05, 4.69) is 26.1 Å². The molecular formula is C9H6BrFN2O. The van der Waals surface area contributed by atoms with Crippen LogP contribution < -0.4 is 4.74 Å². The standard InChI is InChI=1S/C9H6BrFN2O/c1-14-9-2-5-6(10)4-12-13-8(5)3-7(9)11/h2-4H,1H3. The maximum Gasteiger partial charge on any atom is 0.167 e. The van der Waals surface area contributed by atoms with E-state index in [9.17, 15) is 4.39 Å². The van der Waals surface area contributed by atoms with Crippen molar-refractivity contribution in [2.45, 2.75) is 0 Å². The number of methoxy groups -OCH3 is 1. The van der Waals surface area contributed by atoms with Gasteiger partial charge in [-0.25, -0.2) is 4.39 Å². The highest BCUT2D eigenvalue weighted by molar-refractivity contribution is 9.10. The normalized spacial score (nSPS) is 10.5. The zero-order chi connectivity index (χ0) is 10.1. The number of hydrogen-bond acceptors (Lipinski definition) is 3. The molecule has 0 aliphatic rings. The molecule has 1 aromatic heterocycles. The Kier molecular flexibility index (Phi) is 2.33. The number of ether oxygens (including phenoxy) is 1. The van der Waals surface area contributed by atoms with Gasteiger partial charge in [0.25, 0.3) is 0 Å². The summed E-state index contributed by atoms with van der Waals surface area (Å²) in [6.45, 7) is 0. The molecule has 0 aliphatic heterocycles. The molecule has 0 N–H and O–H groups in total. The van der Waals surface area contributed by atoms with Crippen molar-refractivity contribution in [2.75, 3.05) is 7.11 Å². The second-order valence-corrected chi connectivity index (χ2v) is 3.55. The number of rotatable bonds is 1. The quantitative estimate of drug-likeness (QED) is 0.787. The van der Waals surface area contributed by atoms with E-state index in [1.807, 2.05) is 0 Å². The van der Waals surface area contributed by atoms with Gasteiger partial charge in [0.2, 0.25) is 0 Å². The summed E-state index contributed by atoms with van der Waals surface area (Å²) in [5.74, 6) is -0.237. The number of fused-ring (bicyclic) bond motifs is 1. The van der Waals surface area contributed by atoms with E-state index >= 15 is 0 Å². The van der Waals surface area contributed by atoms with E-state index in [0.29, 0.717) is 5.52 Å². The number of aromatic nitrogens is 2. The molecular weight excluding hydrogens is 251 g/mol. The Bertz CT molecular complexity index is 489. The molecule has 2 rings (SSSR count). The molecule has 0 unspecified atom stereocenters. The van der Waals surface area contributed by atoms with E-state index < -0.39 is 5.82 Å². The third-order valence-corrected chi connectivity index (χ3v) is 2.50. The lowest BCUT2D eigenvalue weighted by atomic mass is 10.2. The van der Waals surface area contributed by atoms with Crippen molar-refractivity contribution in [3.8, 4) is 5.75 Å². The summed E-state index contributed by atoms with van der Waals surface area (Å²) in [4.78, 5) is 0. The van der Waals surface area contributed by atoms with Crippen LogP contribution in [0.3, 0.4) is 0 Å². The van der Waals surface area contributed by atoms with E-state index in [4.69, 9.17) is 4.74 Å². The Morgan fingerprint density at radius 1 is 1.43 bits per heavy atom. The predicted octanol–water partition coefficient (Wildman–Crippen LogP) is 2.54. The molecule has 14 heavy (non-hydrogen) atoms. The van der Waals surface area contributed by atoms with Gasteiger partial charge in [-0.15, -0.1) is 0 Å². The van der Waals surface area contributed by atoms with Gasteiger partial charge in [-0.05, 0) is 22.0 Å². The van der Waals surface area contributed by atoms with Crippen LogP contribution in [-0.2, 0) is 0 Å². The summed E-state index contributed by atoms with van der Waals surface area (Å²) in [5.41, 5.74) is 0.498. The van der Waals surface area contributed by atoms with Crippen LogP contribution in [0, 0.1) is 5.82 Å². The minimum atomic E-state index is -0.438. The molecule has 3 nitrogen and oxygen atoms in total. The van der Waals surface area contributed by atoms with Crippen molar-refractivity contribution >= 4 is 26.8 Å². The number of halogens is 2. The monoisotopic (exact) mass is 256 g/mol. The second kappa shape index (κ2) is 3.49. The van der Waals surface area contributed by atoms with Gasteiger partial charge in [0.15, 0.2) is 11.6 Å². The van der Waals surface area contributed by atoms with Crippen LogP contribution in [0.4, 0.5) is 4.39 Å². The zero-order valence-electron chi connectivity index (χ0n) is 7.29. The lowest BCUT2D eigenvalue weighted by molar-refractivity contribution is 0.387. The first-order chi connectivity index (χ1) is 6.72. The molecule has 0 fully saturated rings. The largest absolute Gasteiger partial charge is 0.494 e. The van der Waals surface area contributed by atoms with Crippen molar-refractivity contribution in [3.05, 3.63) is 28.6 Å². The third-order valence-electron chi connectivity index (χ3n) is 1.86. The number of hydrogen-bond donors (Lipinski definition) is 0. The molecule has 5 heteroatoms. The molecule has 1 aromatic carbocycles. The fraction of sp³-hybridized carbons (Fsp3) is 0.111. The topological polar surface area (TPSA) is 35.0 Å². The molecule has 0 bridgehead atoms. The Balaban J connectivity index is 2.80. The minimum Gasteiger partial charge on any atom is -0.494 e. The van der Waals surface area contributed by atoms with E-state index in [0.717, 1.165) is 9.86 Å². The third kappa shape index (κ3) is 1.43. The Labute approximate surface area is 88.0 Å². The first-order valence-corrected chi connectivity index (χ1v) is 4.66. The maximum atomic E-state index is 13.2. The molecule has 2 aromatic rings. The highest BCUT2D eigenvalue weighted by atomic mass is 79.9. The average molecular weight is 257 g/mol. The fourth-order valence-electron chi connectivity index (χ4n) is 1.18. The van der Waals surface area contributed by atoms with Crippen molar-refractivity contribution in [2.24, 2.45) is 0 Å². The van der Waals surface area contributed by atoms with Gasteiger partial charge in [0.05, 0.1) is 18.8 Å². The number of nitrogens with zero attached hydrogens (tertiary/aromatic N) is 2. The van der Waals surface area contributed by atoms with Gasteiger partial charge < -0.3 is 4.74 Å². The van der Waals surface area contributed by atoms with Crippen molar-refractivity contribution in [1.29, 1.82) is 0 Å². The smallest absolute Gasteiger partial charge is 0.167 e. The first-order valence-electron chi connectivity index (χ1n) is 3.87. The first kappa shape index (κ1) is 9.33. The molecule has 72 valence electrons. The van der Waals surface area contributed by atoms with Gasteiger partial charge in [-0.1, -0.05) is 0 Å². The summed E-state index contributed by atoms with van der Waals surface area (Å²) < 4.78 is 18.9.